The van der Waals surface area contributed by atoms with Gasteiger partial charge in [-0.15, -0.1) is 0 Å². The van der Waals surface area contributed by atoms with Crippen LogP contribution in [0.3, 0.4) is 0 Å². The van der Waals surface area contributed by atoms with Crippen LogP contribution in [0.15, 0.2) is 12.2 Å². The Balaban J connectivity index is 2.18. The Hall–Kier alpha value is -0.300. The molecule has 0 spiro atoms. The minimum absolute atomic E-state index is 0.358. The maximum atomic E-state index is 9.28. The molecule has 2 rings (SSSR count). The molecule has 0 bridgehead atoms. The highest BCUT2D eigenvalue weighted by molar-refractivity contribution is 5.09. The number of aliphatic hydroxyl groups excluding tert-OH is 1. The molecule has 0 amide bonds. The first-order valence-electron chi connectivity index (χ1n) is 5.96. The molecule has 14 heavy (non-hydrogen) atoms. The summed E-state index contributed by atoms with van der Waals surface area (Å²) in [6, 6.07) is 0. The molecule has 0 aromatic heterocycles. The average molecular weight is 194 g/mol. The van der Waals surface area contributed by atoms with E-state index in [1.807, 2.05) is 0 Å². The Morgan fingerprint density at radius 3 is 3.00 bits per heavy atom. The Labute approximate surface area is 87.2 Å². The van der Waals surface area contributed by atoms with Gasteiger partial charge in [0.2, 0.25) is 0 Å². The van der Waals surface area contributed by atoms with E-state index in [9.17, 15) is 5.11 Å². The van der Waals surface area contributed by atoms with Crippen LogP contribution in [0.2, 0.25) is 0 Å². The average Bonchev–Trinajstić information content (AvgIpc) is 2.54. The molecule has 0 radical (unpaired) electrons. The number of hydrogen-bond acceptors (Lipinski definition) is 1. The van der Waals surface area contributed by atoms with Crippen molar-refractivity contribution in [1.29, 1.82) is 0 Å². The van der Waals surface area contributed by atoms with Crippen LogP contribution in [0, 0.1) is 23.2 Å². The van der Waals surface area contributed by atoms with Gasteiger partial charge in [-0.3, -0.25) is 0 Å². The van der Waals surface area contributed by atoms with Crippen molar-refractivity contribution in [2.75, 3.05) is 6.61 Å². The Morgan fingerprint density at radius 1 is 1.50 bits per heavy atom. The summed E-state index contributed by atoms with van der Waals surface area (Å²) in [5.74, 6) is 2.01. The van der Waals surface area contributed by atoms with Crippen LogP contribution in [0.4, 0.5) is 0 Å². The lowest BCUT2D eigenvalue weighted by Crippen LogP contribution is -2.34. The van der Waals surface area contributed by atoms with Crippen LogP contribution >= 0.6 is 0 Å². The predicted octanol–water partition coefficient (Wildman–Crippen LogP) is 3.00. The molecular formula is C13H22O. The number of rotatable bonds is 2. The molecule has 0 heterocycles. The van der Waals surface area contributed by atoms with Crippen LogP contribution in [-0.4, -0.2) is 11.7 Å². The van der Waals surface area contributed by atoms with Crippen LogP contribution in [0.1, 0.15) is 39.5 Å². The standard InChI is InChI=1S/C13H22O/c1-10(9-14)12-7-6-11-5-3-4-8-13(11,12)2/h3,5,10-12,14H,4,6-9H2,1-2H3/t10-,11+,12-,13+/m1/s1. The van der Waals surface area contributed by atoms with Gasteiger partial charge in [0.15, 0.2) is 0 Å². The molecule has 0 saturated heterocycles. The molecule has 2 aliphatic rings. The predicted molar refractivity (Wildman–Crippen MR) is 58.9 cm³/mol. The van der Waals surface area contributed by atoms with E-state index in [2.05, 4.69) is 26.0 Å². The van der Waals surface area contributed by atoms with Crippen molar-refractivity contribution in [3.05, 3.63) is 12.2 Å². The second-order valence-electron chi connectivity index (χ2n) is 5.42. The first kappa shape index (κ1) is 10.2. The minimum Gasteiger partial charge on any atom is -0.396 e. The van der Waals surface area contributed by atoms with Crippen molar-refractivity contribution in [2.45, 2.75) is 39.5 Å². The molecule has 0 unspecified atom stereocenters. The van der Waals surface area contributed by atoms with Gasteiger partial charge < -0.3 is 5.11 Å². The fourth-order valence-electron chi connectivity index (χ4n) is 3.70. The maximum absolute atomic E-state index is 9.28. The minimum atomic E-state index is 0.358. The van der Waals surface area contributed by atoms with Crippen LogP contribution in [-0.2, 0) is 0 Å². The second kappa shape index (κ2) is 3.69. The van der Waals surface area contributed by atoms with E-state index in [0.717, 1.165) is 11.8 Å². The van der Waals surface area contributed by atoms with E-state index in [1.165, 1.54) is 25.7 Å². The molecule has 1 heteroatoms. The van der Waals surface area contributed by atoms with Gasteiger partial charge in [-0.25, -0.2) is 0 Å². The van der Waals surface area contributed by atoms with Gasteiger partial charge >= 0.3 is 0 Å². The Kier molecular flexibility index (Phi) is 2.70. The molecule has 1 saturated carbocycles. The highest BCUT2D eigenvalue weighted by Crippen LogP contribution is 2.55. The maximum Gasteiger partial charge on any atom is 0.0459 e. The number of allylic oxidation sites excluding steroid dienone is 2. The lowest BCUT2D eigenvalue weighted by atomic mass is 9.65. The van der Waals surface area contributed by atoms with Gasteiger partial charge in [0.05, 0.1) is 0 Å². The molecule has 1 nitrogen and oxygen atoms in total. The quantitative estimate of drug-likeness (QED) is 0.670. The number of hydrogen-bond donors (Lipinski definition) is 1. The van der Waals surface area contributed by atoms with Crippen LogP contribution < -0.4 is 0 Å². The van der Waals surface area contributed by atoms with Crippen molar-refractivity contribution in [3.63, 3.8) is 0 Å². The zero-order valence-electron chi connectivity index (χ0n) is 9.37. The van der Waals surface area contributed by atoms with E-state index in [4.69, 9.17) is 0 Å². The SMILES string of the molecule is C[C@H](CO)[C@H]1CC[C@@H]2C=CCC[C@]12C. The van der Waals surface area contributed by atoms with E-state index in [1.54, 1.807) is 0 Å². The summed E-state index contributed by atoms with van der Waals surface area (Å²) in [5, 5.41) is 9.28. The molecule has 0 aliphatic heterocycles. The zero-order valence-corrected chi connectivity index (χ0v) is 9.37. The first-order valence-corrected chi connectivity index (χ1v) is 5.96. The zero-order chi connectivity index (χ0) is 10.2. The second-order valence-corrected chi connectivity index (χ2v) is 5.42. The normalized spacial score (nSPS) is 43.6. The van der Waals surface area contributed by atoms with Crippen molar-refractivity contribution < 1.29 is 5.11 Å². The number of fused-ring (bicyclic) bond motifs is 1. The lowest BCUT2D eigenvalue weighted by Gasteiger charge is -2.40. The van der Waals surface area contributed by atoms with Gasteiger partial charge in [-0.05, 0) is 48.9 Å². The van der Waals surface area contributed by atoms with Crippen molar-refractivity contribution >= 4 is 0 Å². The van der Waals surface area contributed by atoms with Crippen molar-refractivity contribution in [3.8, 4) is 0 Å². The van der Waals surface area contributed by atoms with Gasteiger partial charge in [-0.2, -0.15) is 0 Å². The topological polar surface area (TPSA) is 20.2 Å². The van der Waals surface area contributed by atoms with E-state index in [-0.39, 0.29) is 0 Å². The molecular weight excluding hydrogens is 172 g/mol. The van der Waals surface area contributed by atoms with Crippen molar-refractivity contribution in [2.24, 2.45) is 23.2 Å². The molecule has 1 fully saturated rings. The lowest BCUT2D eigenvalue weighted by molar-refractivity contribution is 0.0819. The highest BCUT2D eigenvalue weighted by Gasteiger charge is 2.47. The van der Waals surface area contributed by atoms with Crippen molar-refractivity contribution in [1.82, 2.24) is 0 Å². The molecule has 0 aromatic carbocycles. The first-order chi connectivity index (χ1) is 6.68. The largest absolute Gasteiger partial charge is 0.396 e. The summed E-state index contributed by atoms with van der Waals surface area (Å²) < 4.78 is 0. The Morgan fingerprint density at radius 2 is 2.29 bits per heavy atom. The molecule has 1 N–H and O–H groups in total. The van der Waals surface area contributed by atoms with E-state index in [0.29, 0.717) is 17.9 Å². The molecule has 2 aliphatic carbocycles. The van der Waals surface area contributed by atoms with Crippen LogP contribution in [0.5, 0.6) is 0 Å². The third-order valence-electron chi connectivity index (χ3n) is 4.68. The van der Waals surface area contributed by atoms with Gasteiger partial charge in [0.1, 0.15) is 0 Å². The van der Waals surface area contributed by atoms with Gasteiger partial charge in [0.25, 0.3) is 0 Å². The number of aliphatic hydroxyl groups is 1. The smallest absolute Gasteiger partial charge is 0.0459 e. The Bertz CT molecular complexity index is 233. The van der Waals surface area contributed by atoms with E-state index < -0.39 is 0 Å². The fourth-order valence-corrected chi connectivity index (χ4v) is 3.70. The fraction of sp³-hybridized carbons (Fsp3) is 0.846. The summed E-state index contributed by atoms with van der Waals surface area (Å²) in [4.78, 5) is 0. The summed E-state index contributed by atoms with van der Waals surface area (Å²) in [6.07, 6.45) is 9.98. The monoisotopic (exact) mass is 194 g/mol. The molecule has 80 valence electrons. The van der Waals surface area contributed by atoms with Gasteiger partial charge in [-0.1, -0.05) is 26.0 Å². The summed E-state index contributed by atoms with van der Waals surface area (Å²) >= 11 is 0. The third kappa shape index (κ3) is 1.42. The third-order valence-corrected chi connectivity index (χ3v) is 4.68. The van der Waals surface area contributed by atoms with Crippen LogP contribution in [0.25, 0.3) is 0 Å². The molecule has 4 atom stereocenters. The van der Waals surface area contributed by atoms with Gasteiger partial charge in [0, 0.05) is 6.61 Å². The molecule has 0 aromatic rings. The summed E-state index contributed by atoms with van der Waals surface area (Å²) in [7, 11) is 0. The summed E-state index contributed by atoms with van der Waals surface area (Å²) in [5.41, 5.74) is 0.483. The van der Waals surface area contributed by atoms with E-state index >= 15 is 0 Å². The summed E-state index contributed by atoms with van der Waals surface area (Å²) in [6.45, 7) is 5.00. The highest BCUT2D eigenvalue weighted by atomic mass is 16.3.